The van der Waals surface area contributed by atoms with Crippen LogP contribution in [0.4, 0.5) is 111 Å². The van der Waals surface area contributed by atoms with Gasteiger partial charge in [0.15, 0.2) is 11.4 Å². The third-order valence-electron chi connectivity index (χ3n) is 11.0. The van der Waals surface area contributed by atoms with Gasteiger partial charge < -0.3 is 14.0 Å². The molecule has 0 heterocycles. The molecule has 0 amide bonds. The molecule has 4 nitrogen and oxygen atoms in total. The van der Waals surface area contributed by atoms with E-state index in [2.05, 4.69) is 6.92 Å². The maximum Gasteiger partial charge on any atom is 0.864 e. The van der Waals surface area contributed by atoms with Gasteiger partial charge in [0.25, 0.3) is 0 Å². The van der Waals surface area contributed by atoms with Crippen molar-refractivity contribution in [1.82, 2.24) is 0 Å². The quantitative estimate of drug-likeness (QED) is 0.0391. The fraction of sp³-hybridized carbons (Fsp3) is 0.500. The van der Waals surface area contributed by atoms with Crippen LogP contribution in [0.1, 0.15) is 135 Å². The van der Waals surface area contributed by atoms with E-state index in [9.17, 15) is 105 Å². The fourth-order valence-corrected chi connectivity index (χ4v) is 7.33. The molecule has 0 aliphatic heterocycles. The summed E-state index contributed by atoms with van der Waals surface area (Å²) in [5.41, 5.74) is -16.2. The number of unbranched alkanes of at least 4 members (excludes halogenated alkanes) is 10. The minimum Gasteiger partial charge on any atom is -0.490 e. The monoisotopic (exact) mass is 1150 g/mol. The van der Waals surface area contributed by atoms with E-state index in [4.69, 9.17) is 14.0 Å². The SMILES string of the molecule is CCCCCCCCCCCCC[NH+](CCC)c1c(OB(Oc2cc(C(F)(F)F)cc(C(F)(F)F)c2)Oc2cc(C(F)(F)F)cc(C(F)(F)F)c2)cc(C(F)(F)F)cc1C(F)(F)F.FC(F)(F)c1c[c-]cc(C(F)(F)F)c1. The Morgan fingerprint density at radius 3 is 1.00 bits per heavy atom. The standard InChI is InChI=1S/C40H42BF18NO3.C8H3F6/c1-3-5-6-7-8-9-10-11-12-13-14-16-60(15-4-2)34-32(40(57,58)59)23-29(39(54,55)56)24-33(34)63-41(61-30-19-25(35(42,43)44)17-26(20-30)36(45,46)47)62-31-21-27(37(48,49)50)18-28(22-31)38(51,52)53;9-7(10,11)5-2-1-3-6(4-5)8(12,13)14/h17-24H,3-16H2,1-2H3;2-4H/q;-1/p+1. The number of quaternary nitrogens is 1. The second kappa shape index (κ2) is 26.5. The van der Waals surface area contributed by atoms with Gasteiger partial charge in [0, 0.05) is 0 Å². The Kier molecular flexibility index (Phi) is 22.7. The van der Waals surface area contributed by atoms with Crippen LogP contribution in [0.15, 0.2) is 66.7 Å². The van der Waals surface area contributed by atoms with Crippen LogP contribution in [0.25, 0.3) is 0 Å². The van der Waals surface area contributed by atoms with Crippen molar-refractivity contribution in [1.29, 1.82) is 0 Å². The van der Waals surface area contributed by atoms with E-state index in [0.717, 1.165) is 51.4 Å². The normalized spacial score (nSPS) is 13.5. The van der Waals surface area contributed by atoms with Gasteiger partial charge in [-0.3, -0.25) is 4.90 Å². The Morgan fingerprint density at radius 1 is 0.351 bits per heavy atom. The molecule has 1 unspecified atom stereocenters. The molecule has 0 saturated carbocycles. The summed E-state index contributed by atoms with van der Waals surface area (Å²) in [5.74, 6) is -4.62. The largest absolute Gasteiger partial charge is 0.864 e. The highest BCUT2D eigenvalue weighted by Gasteiger charge is 2.47. The molecule has 0 bridgehead atoms. The lowest BCUT2D eigenvalue weighted by molar-refractivity contribution is -0.833. The number of alkyl halides is 24. The lowest BCUT2D eigenvalue weighted by atomic mass is 10.0. The van der Waals surface area contributed by atoms with Gasteiger partial charge in [-0.05, 0) is 67.8 Å². The molecule has 0 aliphatic carbocycles. The summed E-state index contributed by atoms with van der Waals surface area (Å²) < 4.78 is 339. The first kappa shape index (κ1) is 65.9. The first-order chi connectivity index (χ1) is 35.2. The Balaban J connectivity index is 0.000000961. The minimum absolute atomic E-state index is 0.0407. The first-order valence-electron chi connectivity index (χ1n) is 23.1. The molecule has 0 saturated heterocycles. The van der Waals surface area contributed by atoms with E-state index < -0.39 is 136 Å². The highest BCUT2D eigenvalue weighted by Crippen LogP contribution is 2.45. The first-order valence-corrected chi connectivity index (χ1v) is 23.1. The summed E-state index contributed by atoms with van der Waals surface area (Å²) in [4.78, 5) is -0.194. The molecule has 4 aromatic carbocycles. The summed E-state index contributed by atoms with van der Waals surface area (Å²) in [6, 6.07) is 1.03. The van der Waals surface area contributed by atoms with Crippen LogP contribution in [0.5, 0.6) is 17.2 Å². The van der Waals surface area contributed by atoms with Crippen molar-refractivity contribution in [3.63, 3.8) is 0 Å². The Morgan fingerprint density at radius 2 is 0.675 bits per heavy atom. The zero-order valence-electron chi connectivity index (χ0n) is 40.1. The zero-order chi connectivity index (χ0) is 58.6. The van der Waals surface area contributed by atoms with Crippen molar-refractivity contribution in [2.24, 2.45) is 0 Å². The van der Waals surface area contributed by atoms with E-state index in [1.54, 1.807) is 6.07 Å². The van der Waals surface area contributed by atoms with Gasteiger partial charge in [-0.1, -0.05) is 82.8 Å². The molecule has 432 valence electrons. The van der Waals surface area contributed by atoms with Crippen LogP contribution < -0.4 is 18.9 Å². The van der Waals surface area contributed by atoms with Gasteiger partial charge >= 0.3 is 56.7 Å². The second-order valence-corrected chi connectivity index (χ2v) is 17.2. The number of hydrogen-bond donors (Lipinski definition) is 1. The van der Waals surface area contributed by atoms with Crippen molar-refractivity contribution >= 4 is 13.0 Å². The lowest BCUT2D eigenvalue weighted by Crippen LogP contribution is -3.07. The van der Waals surface area contributed by atoms with Crippen molar-refractivity contribution < 1.29 is 124 Å². The van der Waals surface area contributed by atoms with Gasteiger partial charge in [0.2, 0.25) is 0 Å². The smallest absolute Gasteiger partial charge is 0.490 e. The predicted molar refractivity (Wildman–Crippen MR) is 229 cm³/mol. The summed E-state index contributed by atoms with van der Waals surface area (Å²) in [6.07, 6.45) is -33.9. The summed E-state index contributed by atoms with van der Waals surface area (Å²) >= 11 is 0. The molecule has 0 spiro atoms. The second-order valence-electron chi connectivity index (χ2n) is 17.2. The average molecular weight is 1150 g/mol. The minimum atomic E-state index is -5.62. The molecule has 0 radical (unpaired) electrons. The third-order valence-corrected chi connectivity index (χ3v) is 11.0. The zero-order valence-corrected chi connectivity index (χ0v) is 40.1. The van der Waals surface area contributed by atoms with Gasteiger partial charge in [0.05, 0.1) is 40.9 Å². The van der Waals surface area contributed by atoms with E-state index in [1.165, 1.54) is 6.92 Å². The summed E-state index contributed by atoms with van der Waals surface area (Å²) in [5, 5.41) is 0. The van der Waals surface area contributed by atoms with Gasteiger partial charge in [-0.25, -0.2) is 0 Å². The van der Waals surface area contributed by atoms with Gasteiger partial charge in [-0.15, -0.1) is 6.07 Å². The lowest BCUT2D eigenvalue weighted by Gasteiger charge is -2.27. The predicted octanol–water partition coefficient (Wildman–Crippen LogP) is 18.1. The average Bonchev–Trinajstić information content (AvgIpc) is 3.28. The number of benzene rings is 4. The van der Waals surface area contributed by atoms with Crippen molar-refractivity contribution in [2.75, 3.05) is 13.1 Å². The number of halogens is 24. The summed E-state index contributed by atoms with van der Waals surface area (Å²) in [7, 11) is -3.26. The molecule has 0 aromatic heterocycles. The molecule has 4 aromatic rings. The highest BCUT2D eigenvalue weighted by molar-refractivity contribution is 6.39. The molecule has 0 aliphatic rings. The van der Waals surface area contributed by atoms with E-state index in [0.29, 0.717) is 25.0 Å². The number of rotatable bonds is 21. The number of nitrogens with one attached hydrogen (secondary N) is 1. The molecule has 4 rings (SSSR count). The van der Waals surface area contributed by atoms with E-state index in [1.807, 2.05) is 0 Å². The topological polar surface area (TPSA) is 32.1 Å². The van der Waals surface area contributed by atoms with Crippen LogP contribution in [-0.2, 0) is 49.4 Å². The van der Waals surface area contributed by atoms with Crippen LogP contribution in [0, 0.1) is 6.07 Å². The van der Waals surface area contributed by atoms with Gasteiger partial charge in [0.1, 0.15) is 17.1 Å². The Labute approximate surface area is 424 Å². The molecular formula is C48H46BF24NO3. The maximum absolute atomic E-state index is 14.8. The summed E-state index contributed by atoms with van der Waals surface area (Å²) in [6.45, 7) is 3.10. The molecule has 0 fully saturated rings. The van der Waals surface area contributed by atoms with E-state index >= 15 is 0 Å². The Bertz CT molecular complexity index is 2300. The van der Waals surface area contributed by atoms with Crippen LogP contribution in [0.3, 0.4) is 0 Å². The van der Waals surface area contributed by atoms with Crippen molar-refractivity contribution in [3.8, 4) is 17.2 Å². The molecule has 77 heavy (non-hydrogen) atoms. The fourth-order valence-electron chi connectivity index (χ4n) is 7.33. The van der Waals surface area contributed by atoms with Crippen molar-refractivity contribution in [3.05, 3.63) is 117 Å². The van der Waals surface area contributed by atoms with Crippen LogP contribution in [-0.4, -0.2) is 20.4 Å². The molecule has 29 heteroatoms. The number of hydrogen-bond acceptors (Lipinski definition) is 3. The van der Waals surface area contributed by atoms with E-state index in [-0.39, 0.29) is 73.3 Å². The molecular weight excluding hydrogens is 1110 g/mol. The van der Waals surface area contributed by atoms with Gasteiger partial charge in [-0.2, -0.15) is 124 Å². The van der Waals surface area contributed by atoms with Crippen LogP contribution in [0.2, 0.25) is 0 Å². The van der Waals surface area contributed by atoms with Crippen molar-refractivity contribution in [2.45, 2.75) is 140 Å². The maximum atomic E-state index is 14.8. The molecule has 1 N–H and O–H groups in total. The third kappa shape index (κ3) is 21.4. The van der Waals surface area contributed by atoms with Crippen LogP contribution >= 0.6 is 0 Å². The molecule has 1 atom stereocenters. The highest BCUT2D eigenvalue weighted by atomic mass is 19.4. The Hall–Kier alpha value is -5.38.